The number of rotatable bonds is 3. The van der Waals surface area contributed by atoms with Gasteiger partial charge in [-0.05, 0) is 29.8 Å². The molecule has 0 unspecified atom stereocenters. The van der Waals surface area contributed by atoms with Crippen molar-refractivity contribution >= 4 is 44.5 Å². The molecule has 0 atom stereocenters. The summed E-state index contributed by atoms with van der Waals surface area (Å²) < 4.78 is 1.92. The third kappa shape index (κ3) is 2.42. The van der Waals surface area contributed by atoms with Crippen LogP contribution in [0.5, 0.6) is 0 Å². The molecule has 3 aromatic heterocycles. The van der Waals surface area contributed by atoms with Crippen LogP contribution in [0.15, 0.2) is 65.8 Å². The zero-order chi connectivity index (χ0) is 19.4. The van der Waals surface area contributed by atoms with Crippen LogP contribution >= 0.6 is 11.6 Å². The van der Waals surface area contributed by atoms with E-state index in [4.69, 9.17) is 11.6 Å². The molecule has 0 radical (unpaired) electrons. The van der Waals surface area contributed by atoms with E-state index in [1.165, 1.54) is 12.1 Å². The molecule has 136 valence electrons. The second kappa shape index (κ2) is 6.00. The number of nitro groups is 1. The number of benzene rings is 2. The molecule has 7 heteroatoms. The number of nitro benzene ring substituents is 1. The zero-order valence-electron chi connectivity index (χ0n) is 14.4. The Morgan fingerprint density at radius 2 is 1.93 bits per heavy atom. The van der Waals surface area contributed by atoms with Crippen LogP contribution in [0, 0.1) is 10.1 Å². The minimum absolute atomic E-state index is 0.00166. The highest BCUT2D eigenvalue weighted by atomic mass is 35.5. The van der Waals surface area contributed by atoms with E-state index in [-0.39, 0.29) is 11.1 Å². The molecule has 0 bridgehead atoms. The van der Waals surface area contributed by atoms with Crippen LogP contribution in [-0.2, 0) is 6.42 Å². The minimum Gasteiger partial charge on any atom is -0.315 e. The SMILES string of the molecule is O=c1c(Cc2cccnc2)cn2c3ccc([N+](=O)[O-])cc3c3cc(Cl)cc1c32. The molecular weight excluding hydrogens is 378 g/mol. The maximum absolute atomic E-state index is 13.1. The number of halogens is 1. The number of aromatic nitrogens is 2. The van der Waals surface area contributed by atoms with E-state index in [1.807, 2.05) is 22.7 Å². The van der Waals surface area contributed by atoms with Crippen LogP contribution in [0.4, 0.5) is 5.69 Å². The average Bonchev–Trinajstić information content (AvgIpc) is 2.99. The van der Waals surface area contributed by atoms with E-state index in [0.29, 0.717) is 27.8 Å². The first-order valence-corrected chi connectivity index (χ1v) is 8.96. The lowest BCUT2D eigenvalue weighted by atomic mass is 10.0. The Balaban J connectivity index is 1.89. The Morgan fingerprint density at radius 3 is 2.68 bits per heavy atom. The topological polar surface area (TPSA) is 77.5 Å². The van der Waals surface area contributed by atoms with Crippen molar-refractivity contribution in [3.8, 4) is 0 Å². The molecule has 0 N–H and O–H groups in total. The predicted octanol–water partition coefficient (Wildman–Crippen LogP) is 4.59. The van der Waals surface area contributed by atoms with Gasteiger partial charge in [0.15, 0.2) is 5.43 Å². The second-order valence-corrected chi connectivity index (χ2v) is 7.14. The van der Waals surface area contributed by atoms with Gasteiger partial charge in [0.2, 0.25) is 0 Å². The lowest BCUT2D eigenvalue weighted by Crippen LogP contribution is -2.12. The van der Waals surface area contributed by atoms with Crippen molar-refractivity contribution in [3.63, 3.8) is 0 Å². The monoisotopic (exact) mass is 389 g/mol. The Morgan fingerprint density at radius 1 is 1.11 bits per heavy atom. The molecular formula is C21H12ClN3O3. The van der Waals surface area contributed by atoms with Gasteiger partial charge in [-0.15, -0.1) is 0 Å². The van der Waals surface area contributed by atoms with Crippen LogP contribution in [0.2, 0.25) is 5.02 Å². The Kier molecular flexibility index (Phi) is 3.57. The fraction of sp³-hybridized carbons (Fsp3) is 0.0476. The Bertz CT molecular complexity index is 1440. The summed E-state index contributed by atoms with van der Waals surface area (Å²) in [7, 11) is 0. The highest BCUT2D eigenvalue weighted by Gasteiger charge is 2.19. The highest BCUT2D eigenvalue weighted by molar-refractivity contribution is 6.33. The predicted molar refractivity (Wildman–Crippen MR) is 109 cm³/mol. The lowest BCUT2D eigenvalue weighted by Gasteiger charge is -2.07. The van der Waals surface area contributed by atoms with Gasteiger partial charge >= 0.3 is 0 Å². The fourth-order valence-electron chi connectivity index (χ4n) is 3.79. The Labute approximate surface area is 163 Å². The van der Waals surface area contributed by atoms with E-state index in [1.54, 1.807) is 30.6 Å². The standard InChI is InChI=1S/C21H12ClN3O3/c22-14-7-17-16-9-15(25(27)28)3-4-19(16)24-11-13(6-12-2-1-5-23-10-12)21(26)18(8-14)20(17)24/h1-5,7-11H,6H2. The maximum Gasteiger partial charge on any atom is 0.270 e. The van der Waals surface area contributed by atoms with Crippen molar-refractivity contribution in [3.05, 3.63) is 97.5 Å². The third-order valence-electron chi connectivity index (χ3n) is 4.99. The quantitative estimate of drug-likeness (QED) is 0.334. The van der Waals surface area contributed by atoms with Gasteiger partial charge in [-0.1, -0.05) is 17.7 Å². The summed E-state index contributed by atoms with van der Waals surface area (Å²) in [5.74, 6) is 0. The molecule has 0 fully saturated rings. The van der Waals surface area contributed by atoms with E-state index in [0.717, 1.165) is 22.0 Å². The normalized spacial score (nSPS) is 11.6. The summed E-state index contributed by atoms with van der Waals surface area (Å²) in [6.45, 7) is 0. The van der Waals surface area contributed by atoms with Crippen molar-refractivity contribution < 1.29 is 4.92 Å². The number of pyridine rings is 2. The van der Waals surface area contributed by atoms with E-state index in [2.05, 4.69) is 4.98 Å². The van der Waals surface area contributed by atoms with E-state index < -0.39 is 4.92 Å². The van der Waals surface area contributed by atoms with Crippen LogP contribution in [0.1, 0.15) is 11.1 Å². The number of fused-ring (bicyclic) bond motifs is 3. The molecule has 0 saturated carbocycles. The molecule has 0 aliphatic heterocycles. The number of non-ortho nitro benzene ring substituents is 1. The van der Waals surface area contributed by atoms with Gasteiger partial charge in [0.25, 0.3) is 5.69 Å². The Hall–Kier alpha value is -3.51. The average molecular weight is 390 g/mol. The maximum atomic E-state index is 13.1. The molecule has 0 saturated heterocycles. The molecule has 5 aromatic rings. The molecule has 0 aliphatic carbocycles. The van der Waals surface area contributed by atoms with Crippen LogP contribution in [0.3, 0.4) is 0 Å². The van der Waals surface area contributed by atoms with E-state index >= 15 is 0 Å². The number of hydrogen-bond donors (Lipinski definition) is 0. The van der Waals surface area contributed by atoms with Crippen molar-refractivity contribution in [2.45, 2.75) is 6.42 Å². The van der Waals surface area contributed by atoms with Crippen molar-refractivity contribution in [2.24, 2.45) is 0 Å². The third-order valence-corrected chi connectivity index (χ3v) is 5.21. The smallest absolute Gasteiger partial charge is 0.270 e. The van der Waals surface area contributed by atoms with Gasteiger partial charge in [0.05, 0.1) is 16.0 Å². The van der Waals surface area contributed by atoms with Gasteiger partial charge in [0, 0.05) is 63.9 Å². The molecule has 3 heterocycles. The van der Waals surface area contributed by atoms with Gasteiger partial charge in [-0.2, -0.15) is 0 Å². The van der Waals surface area contributed by atoms with Gasteiger partial charge in [-0.25, -0.2) is 0 Å². The second-order valence-electron chi connectivity index (χ2n) is 6.70. The molecule has 28 heavy (non-hydrogen) atoms. The van der Waals surface area contributed by atoms with Crippen molar-refractivity contribution in [1.29, 1.82) is 0 Å². The van der Waals surface area contributed by atoms with Crippen molar-refractivity contribution in [1.82, 2.24) is 9.38 Å². The van der Waals surface area contributed by atoms with Crippen LogP contribution < -0.4 is 5.43 Å². The summed E-state index contributed by atoms with van der Waals surface area (Å²) in [5.41, 5.74) is 2.95. The summed E-state index contributed by atoms with van der Waals surface area (Å²) in [6, 6.07) is 11.9. The first-order chi connectivity index (χ1) is 13.5. The summed E-state index contributed by atoms with van der Waals surface area (Å²) >= 11 is 6.29. The molecule has 5 rings (SSSR count). The zero-order valence-corrected chi connectivity index (χ0v) is 15.2. The summed E-state index contributed by atoms with van der Waals surface area (Å²) in [6.07, 6.45) is 5.67. The molecule has 0 aliphatic rings. The van der Waals surface area contributed by atoms with Crippen LogP contribution in [0.25, 0.3) is 27.2 Å². The van der Waals surface area contributed by atoms with E-state index in [9.17, 15) is 14.9 Å². The minimum atomic E-state index is -0.428. The first-order valence-electron chi connectivity index (χ1n) is 8.59. The lowest BCUT2D eigenvalue weighted by molar-refractivity contribution is -0.384. The molecule has 6 nitrogen and oxygen atoms in total. The molecule has 2 aromatic carbocycles. The van der Waals surface area contributed by atoms with Gasteiger partial charge in [-0.3, -0.25) is 19.9 Å². The summed E-state index contributed by atoms with van der Waals surface area (Å²) in [5, 5.41) is 13.6. The summed E-state index contributed by atoms with van der Waals surface area (Å²) in [4.78, 5) is 28.0. The fourth-order valence-corrected chi connectivity index (χ4v) is 4.01. The largest absolute Gasteiger partial charge is 0.315 e. The van der Waals surface area contributed by atoms with Crippen molar-refractivity contribution in [2.75, 3.05) is 0 Å². The highest BCUT2D eigenvalue weighted by Crippen LogP contribution is 2.35. The van der Waals surface area contributed by atoms with Crippen LogP contribution in [-0.4, -0.2) is 14.3 Å². The number of hydrogen-bond acceptors (Lipinski definition) is 4. The van der Waals surface area contributed by atoms with Gasteiger partial charge in [0.1, 0.15) is 0 Å². The molecule has 0 amide bonds. The molecule has 0 spiro atoms. The number of nitrogens with zero attached hydrogens (tertiary/aromatic N) is 3. The van der Waals surface area contributed by atoms with Gasteiger partial charge < -0.3 is 4.40 Å². The first kappa shape index (κ1) is 16.6.